The van der Waals surface area contributed by atoms with Crippen LogP contribution in [-0.4, -0.2) is 18.1 Å². The van der Waals surface area contributed by atoms with Crippen molar-refractivity contribution in [3.05, 3.63) is 29.3 Å². The van der Waals surface area contributed by atoms with E-state index in [0.717, 1.165) is 37.0 Å². The third-order valence-corrected chi connectivity index (χ3v) is 3.73. The van der Waals surface area contributed by atoms with Crippen LogP contribution in [0, 0.1) is 11.3 Å². The second-order valence-electron chi connectivity index (χ2n) is 4.92. The SMILES string of the molecule is N#CC1(NC(=O)c2ccc3c(c2)CCO3)CCC1. The van der Waals surface area contributed by atoms with Crippen molar-refractivity contribution in [2.75, 3.05) is 6.61 Å². The second kappa shape index (κ2) is 4.02. The van der Waals surface area contributed by atoms with E-state index in [4.69, 9.17) is 10.00 Å². The first kappa shape index (κ1) is 11.1. The Labute approximate surface area is 106 Å². The van der Waals surface area contributed by atoms with E-state index in [-0.39, 0.29) is 5.91 Å². The first-order valence-corrected chi connectivity index (χ1v) is 6.22. The largest absolute Gasteiger partial charge is 0.493 e. The highest BCUT2D eigenvalue weighted by Gasteiger charge is 2.38. The van der Waals surface area contributed by atoms with Crippen LogP contribution in [0.2, 0.25) is 0 Å². The van der Waals surface area contributed by atoms with Gasteiger partial charge in [-0.05, 0) is 43.0 Å². The molecule has 1 amide bonds. The molecule has 4 heteroatoms. The van der Waals surface area contributed by atoms with Gasteiger partial charge < -0.3 is 10.1 Å². The number of nitrogens with zero attached hydrogens (tertiary/aromatic N) is 1. The number of ether oxygens (including phenoxy) is 1. The van der Waals surface area contributed by atoms with E-state index < -0.39 is 5.54 Å². The van der Waals surface area contributed by atoms with Gasteiger partial charge in [-0.15, -0.1) is 0 Å². The lowest BCUT2D eigenvalue weighted by molar-refractivity contribution is 0.0881. The first-order valence-electron chi connectivity index (χ1n) is 6.22. The summed E-state index contributed by atoms with van der Waals surface area (Å²) in [6, 6.07) is 7.66. The summed E-state index contributed by atoms with van der Waals surface area (Å²) in [4.78, 5) is 12.1. The quantitative estimate of drug-likeness (QED) is 0.860. The van der Waals surface area contributed by atoms with Crippen molar-refractivity contribution in [2.24, 2.45) is 0 Å². The van der Waals surface area contributed by atoms with E-state index in [2.05, 4.69) is 11.4 Å². The van der Waals surface area contributed by atoms with Crippen molar-refractivity contribution in [3.63, 3.8) is 0 Å². The number of amides is 1. The molecule has 3 rings (SSSR count). The molecular formula is C14H14N2O2. The summed E-state index contributed by atoms with van der Waals surface area (Å²) >= 11 is 0. The van der Waals surface area contributed by atoms with Crippen molar-refractivity contribution in [1.29, 1.82) is 5.26 Å². The molecule has 1 aliphatic carbocycles. The van der Waals surface area contributed by atoms with Crippen LogP contribution in [0.15, 0.2) is 18.2 Å². The number of fused-ring (bicyclic) bond motifs is 1. The average molecular weight is 242 g/mol. The number of rotatable bonds is 2. The van der Waals surface area contributed by atoms with Gasteiger partial charge in [0.25, 0.3) is 5.91 Å². The summed E-state index contributed by atoms with van der Waals surface area (Å²) in [6.07, 6.45) is 3.36. The molecule has 0 spiro atoms. The molecule has 4 nitrogen and oxygen atoms in total. The van der Waals surface area contributed by atoms with E-state index in [1.54, 1.807) is 6.07 Å². The fourth-order valence-electron chi connectivity index (χ4n) is 2.41. The third kappa shape index (κ3) is 1.72. The summed E-state index contributed by atoms with van der Waals surface area (Å²) in [7, 11) is 0. The molecule has 18 heavy (non-hydrogen) atoms. The molecule has 1 aromatic rings. The number of nitrogens with one attached hydrogen (secondary N) is 1. The minimum atomic E-state index is -0.632. The minimum Gasteiger partial charge on any atom is -0.493 e. The molecule has 0 bridgehead atoms. The maximum Gasteiger partial charge on any atom is 0.252 e. The highest BCUT2D eigenvalue weighted by Crippen LogP contribution is 2.32. The molecule has 1 aliphatic heterocycles. The Morgan fingerprint density at radius 3 is 2.94 bits per heavy atom. The number of carbonyl (C=O) groups is 1. The van der Waals surface area contributed by atoms with Crippen LogP contribution in [-0.2, 0) is 6.42 Å². The van der Waals surface area contributed by atoms with E-state index >= 15 is 0 Å². The zero-order chi connectivity index (χ0) is 12.6. The molecule has 1 heterocycles. The molecule has 2 aliphatic rings. The predicted octanol–water partition coefficient (Wildman–Crippen LogP) is 1.80. The van der Waals surface area contributed by atoms with E-state index in [9.17, 15) is 4.79 Å². The lowest BCUT2D eigenvalue weighted by Gasteiger charge is -2.35. The standard InChI is InChI=1S/C14H14N2O2/c15-9-14(5-1-6-14)16-13(17)11-2-3-12-10(8-11)4-7-18-12/h2-3,8H,1,4-7H2,(H,16,17). The number of carbonyl (C=O) groups excluding carboxylic acids is 1. The summed E-state index contributed by atoms with van der Waals surface area (Å²) in [6.45, 7) is 0.683. The topological polar surface area (TPSA) is 62.1 Å². The number of nitriles is 1. The first-order chi connectivity index (χ1) is 8.72. The van der Waals surface area contributed by atoms with Gasteiger partial charge in [-0.1, -0.05) is 0 Å². The van der Waals surface area contributed by atoms with Gasteiger partial charge in [0.2, 0.25) is 0 Å². The fourth-order valence-corrected chi connectivity index (χ4v) is 2.41. The van der Waals surface area contributed by atoms with Gasteiger partial charge in [0.1, 0.15) is 11.3 Å². The monoisotopic (exact) mass is 242 g/mol. The third-order valence-electron chi connectivity index (χ3n) is 3.73. The van der Waals surface area contributed by atoms with Crippen LogP contribution in [0.25, 0.3) is 0 Å². The van der Waals surface area contributed by atoms with Crippen molar-refractivity contribution >= 4 is 5.91 Å². The number of benzene rings is 1. The van der Waals surface area contributed by atoms with Crippen molar-refractivity contribution < 1.29 is 9.53 Å². The summed E-state index contributed by atoms with van der Waals surface area (Å²) < 4.78 is 5.40. The fraction of sp³-hybridized carbons (Fsp3) is 0.429. The number of hydrogen-bond acceptors (Lipinski definition) is 3. The van der Waals surface area contributed by atoms with Crippen LogP contribution in [0.5, 0.6) is 5.75 Å². The van der Waals surface area contributed by atoms with Crippen LogP contribution in [0.3, 0.4) is 0 Å². The summed E-state index contributed by atoms with van der Waals surface area (Å²) in [5.74, 6) is 0.705. The summed E-state index contributed by atoms with van der Waals surface area (Å²) in [5.41, 5.74) is 1.05. The van der Waals surface area contributed by atoms with Gasteiger partial charge >= 0.3 is 0 Å². The maximum atomic E-state index is 12.1. The van der Waals surface area contributed by atoms with Crippen LogP contribution in [0.4, 0.5) is 0 Å². The molecule has 0 saturated heterocycles. The lowest BCUT2D eigenvalue weighted by Crippen LogP contribution is -2.52. The Bertz CT molecular complexity index is 541. The zero-order valence-electron chi connectivity index (χ0n) is 10.0. The molecule has 0 unspecified atom stereocenters. The Balaban J connectivity index is 1.79. The minimum absolute atomic E-state index is 0.161. The van der Waals surface area contributed by atoms with E-state index in [1.165, 1.54) is 0 Å². The molecule has 92 valence electrons. The molecule has 1 aromatic carbocycles. The van der Waals surface area contributed by atoms with Crippen LogP contribution in [0.1, 0.15) is 35.2 Å². The van der Waals surface area contributed by atoms with Gasteiger partial charge in [-0.25, -0.2) is 0 Å². The van der Waals surface area contributed by atoms with Gasteiger partial charge in [0.05, 0.1) is 12.7 Å². The molecule has 0 atom stereocenters. The van der Waals surface area contributed by atoms with Crippen molar-refractivity contribution in [2.45, 2.75) is 31.2 Å². The van der Waals surface area contributed by atoms with E-state index in [0.29, 0.717) is 12.2 Å². The molecule has 1 fully saturated rings. The Morgan fingerprint density at radius 2 is 2.28 bits per heavy atom. The Kier molecular flexibility index (Phi) is 2.48. The normalized spacial score (nSPS) is 19.1. The van der Waals surface area contributed by atoms with E-state index in [1.807, 2.05) is 12.1 Å². The predicted molar refractivity (Wildman–Crippen MR) is 65.3 cm³/mol. The van der Waals surface area contributed by atoms with Gasteiger partial charge in [-0.2, -0.15) is 5.26 Å². The van der Waals surface area contributed by atoms with Gasteiger partial charge in [-0.3, -0.25) is 4.79 Å². The smallest absolute Gasteiger partial charge is 0.252 e. The number of hydrogen-bond donors (Lipinski definition) is 1. The highest BCUT2D eigenvalue weighted by molar-refractivity contribution is 5.95. The molecular weight excluding hydrogens is 228 g/mol. The zero-order valence-corrected chi connectivity index (χ0v) is 10.0. The molecule has 0 radical (unpaired) electrons. The molecule has 1 saturated carbocycles. The van der Waals surface area contributed by atoms with Gasteiger partial charge in [0.15, 0.2) is 0 Å². The summed E-state index contributed by atoms with van der Waals surface area (Å²) in [5, 5.41) is 11.9. The molecule has 1 N–H and O–H groups in total. The van der Waals surface area contributed by atoms with Crippen molar-refractivity contribution in [3.8, 4) is 11.8 Å². The van der Waals surface area contributed by atoms with Crippen molar-refractivity contribution in [1.82, 2.24) is 5.32 Å². The maximum absolute atomic E-state index is 12.1. The van der Waals surface area contributed by atoms with Gasteiger partial charge in [0, 0.05) is 12.0 Å². The highest BCUT2D eigenvalue weighted by atomic mass is 16.5. The van der Waals surface area contributed by atoms with Crippen LogP contribution >= 0.6 is 0 Å². The second-order valence-corrected chi connectivity index (χ2v) is 4.92. The molecule has 0 aromatic heterocycles. The Hall–Kier alpha value is -2.02. The average Bonchev–Trinajstić information content (AvgIpc) is 2.80. The lowest BCUT2D eigenvalue weighted by atomic mass is 9.78. The van der Waals surface area contributed by atoms with Crippen LogP contribution < -0.4 is 10.1 Å². The Morgan fingerprint density at radius 1 is 1.44 bits per heavy atom.